The Hall–Kier alpha value is -2.21. The van der Waals surface area contributed by atoms with Gasteiger partial charge in [-0.25, -0.2) is 5.10 Å². The zero-order chi connectivity index (χ0) is 15.5. The summed E-state index contributed by atoms with van der Waals surface area (Å²) in [5.41, 5.74) is 0.418. The lowest BCUT2D eigenvalue weighted by atomic mass is 10.1. The van der Waals surface area contributed by atoms with E-state index in [1.54, 1.807) is 6.07 Å². The summed E-state index contributed by atoms with van der Waals surface area (Å²) in [5.74, 6) is 0.0699. The fraction of sp³-hybridized carbons (Fsp3) is 0.438. The SMILES string of the molecule is CCN1CCN(C(=O)Cc2n[nH]c(=O)c3ccccc23)CC1. The van der Waals surface area contributed by atoms with Gasteiger partial charge in [-0.3, -0.25) is 9.59 Å². The highest BCUT2D eigenvalue weighted by Gasteiger charge is 2.21. The van der Waals surface area contributed by atoms with Gasteiger partial charge in [0.05, 0.1) is 17.5 Å². The molecule has 2 aromatic rings. The van der Waals surface area contributed by atoms with Crippen LogP contribution >= 0.6 is 0 Å². The maximum atomic E-state index is 12.5. The number of H-pyrrole nitrogens is 1. The van der Waals surface area contributed by atoms with Gasteiger partial charge >= 0.3 is 0 Å². The molecule has 1 aliphatic rings. The minimum Gasteiger partial charge on any atom is -0.340 e. The summed E-state index contributed by atoms with van der Waals surface area (Å²) in [6.45, 7) is 6.51. The molecule has 22 heavy (non-hydrogen) atoms. The van der Waals surface area contributed by atoms with Gasteiger partial charge in [-0.1, -0.05) is 25.1 Å². The van der Waals surface area contributed by atoms with Crippen LogP contribution in [0.2, 0.25) is 0 Å². The van der Waals surface area contributed by atoms with E-state index in [1.807, 2.05) is 23.1 Å². The van der Waals surface area contributed by atoms with Crippen molar-refractivity contribution >= 4 is 16.7 Å². The van der Waals surface area contributed by atoms with Crippen molar-refractivity contribution in [3.8, 4) is 0 Å². The fourth-order valence-corrected chi connectivity index (χ4v) is 2.87. The molecule has 0 radical (unpaired) electrons. The molecule has 0 bridgehead atoms. The van der Waals surface area contributed by atoms with Gasteiger partial charge in [-0.2, -0.15) is 5.10 Å². The van der Waals surface area contributed by atoms with Crippen LogP contribution in [-0.2, 0) is 11.2 Å². The first-order chi connectivity index (χ1) is 10.7. The minimum absolute atomic E-state index is 0.0699. The van der Waals surface area contributed by atoms with E-state index in [9.17, 15) is 9.59 Å². The third-order valence-corrected chi connectivity index (χ3v) is 4.27. The smallest absolute Gasteiger partial charge is 0.272 e. The molecule has 0 saturated carbocycles. The second-order valence-electron chi connectivity index (χ2n) is 5.54. The topological polar surface area (TPSA) is 69.3 Å². The molecule has 0 aliphatic carbocycles. The summed E-state index contributed by atoms with van der Waals surface area (Å²) in [6, 6.07) is 7.27. The molecule has 2 heterocycles. The predicted octanol–water partition coefficient (Wildman–Crippen LogP) is 0.630. The van der Waals surface area contributed by atoms with E-state index in [0.29, 0.717) is 11.1 Å². The standard InChI is InChI=1S/C16H20N4O2/c1-2-19-7-9-20(10-8-19)15(21)11-14-12-5-3-4-6-13(12)16(22)18-17-14/h3-6H,2,7-11H2,1H3,(H,18,22). The minimum atomic E-state index is -0.219. The summed E-state index contributed by atoms with van der Waals surface area (Å²) >= 11 is 0. The Balaban J connectivity index is 1.78. The van der Waals surface area contributed by atoms with Gasteiger partial charge in [0, 0.05) is 31.6 Å². The number of carbonyl (C=O) groups is 1. The Labute approximate surface area is 128 Å². The highest BCUT2D eigenvalue weighted by atomic mass is 16.2. The number of rotatable bonds is 3. The number of fused-ring (bicyclic) bond motifs is 1. The molecule has 1 aliphatic heterocycles. The molecule has 0 spiro atoms. The van der Waals surface area contributed by atoms with Crippen LogP contribution in [0.5, 0.6) is 0 Å². The number of nitrogens with one attached hydrogen (secondary N) is 1. The summed E-state index contributed by atoms with van der Waals surface area (Å²) in [7, 11) is 0. The summed E-state index contributed by atoms with van der Waals surface area (Å²) < 4.78 is 0. The van der Waals surface area contributed by atoms with E-state index >= 15 is 0 Å². The average molecular weight is 300 g/mol. The second kappa shape index (κ2) is 6.27. The molecular formula is C16H20N4O2. The third kappa shape index (κ3) is 2.87. The number of aromatic nitrogens is 2. The summed E-state index contributed by atoms with van der Waals surface area (Å²) in [5, 5.41) is 7.90. The van der Waals surface area contributed by atoms with Crippen molar-refractivity contribution in [3.05, 3.63) is 40.3 Å². The van der Waals surface area contributed by atoms with Gasteiger partial charge in [0.15, 0.2) is 0 Å². The molecule has 1 fully saturated rings. The van der Waals surface area contributed by atoms with Crippen molar-refractivity contribution in [1.29, 1.82) is 0 Å². The normalized spacial score (nSPS) is 16.1. The molecule has 1 saturated heterocycles. The monoisotopic (exact) mass is 300 g/mol. The second-order valence-corrected chi connectivity index (χ2v) is 5.54. The number of aromatic amines is 1. The van der Waals surface area contributed by atoms with Crippen LogP contribution in [0.3, 0.4) is 0 Å². The molecule has 3 rings (SSSR count). The van der Waals surface area contributed by atoms with Gasteiger partial charge in [-0.15, -0.1) is 0 Å². The van der Waals surface area contributed by atoms with Crippen LogP contribution in [0.25, 0.3) is 10.8 Å². The van der Waals surface area contributed by atoms with Crippen molar-refractivity contribution in [1.82, 2.24) is 20.0 Å². The van der Waals surface area contributed by atoms with E-state index < -0.39 is 0 Å². The number of hydrogen-bond donors (Lipinski definition) is 1. The fourth-order valence-electron chi connectivity index (χ4n) is 2.87. The number of nitrogens with zero attached hydrogens (tertiary/aromatic N) is 3. The molecule has 116 valence electrons. The largest absolute Gasteiger partial charge is 0.340 e. The number of hydrogen-bond acceptors (Lipinski definition) is 4. The Morgan fingerprint density at radius 2 is 1.86 bits per heavy atom. The van der Waals surface area contributed by atoms with Gasteiger partial charge < -0.3 is 9.80 Å². The zero-order valence-corrected chi connectivity index (χ0v) is 12.7. The number of likely N-dealkylation sites (N-methyl/N-ethyl adjacent to an activating group) is 1. The van der Waals surface area contributed by atoms with Crippen molar-refractivity contribution in [2.24, 2.45) is 0 Å². The molecule has 1 amide bonds. The molecule has 1 aromatic carbocycles. The lowest BCUT2D eigenvalue weighted by molar-refractivity contribution is -0.132. The molecule has 0 unspecified atom stereocenters. The van der Waals surface area contributed by atoms with Crippen LogP contribution in [0.1, 0.15) is 12.6 Å². The number of benzene rings is 1. The first kappa shape index (κ1) is 14.7. The highest BCUT2D eigenvalue weighted by Crippen LogP contribution is 2.14. The van der Waals surface area contributed by atoms with Gasteiger partial charge in [0.25, 0.3) is 5.56 Å². The lowest BCUT2D eigenvalue weighted by Gasteiger charge is -2.34. The Bertz CT molecular complexity index is 732. The Morgan fingerprint density at radius 1 is 1.18 bits per heavy atom. The average Bonchev–Trinajstić information content (AvgIpc) is 2.57. The maximum Gasteiger partial charge on any atom is 0.272 e. The van der Waals surface area contributed by atoms with Crippen molar-refractivity contribution in [2.75, 3.05) is 32.7 Å². The molecule has 1 aromatic heterocycles. The van der Waals surface area contributed by atoms with Crippen molar-refractivity contribution < 1.29 is 4.79 Å². The van der Waals surface area contributed by atoms with Gasteiger partial charge in [-0.05, 0) is 12.6 Å². The number of amides is 1. The highest BCUT2D eigenvalue weighted by molar-refractivity contribution is 5.88. The molecule has 0 atom stereocenters. The van der Waals surface area contributed by atoms with E-state index in [4.69, 9.17) is 0 Å². The van der Waals surface area contributed by atoms with Gasteiger partial charge in [0.2, 0.25) is 5.91 Å². The summed E-state index contributed by atoms with van der Waals surface area (Å²) in [6.07, 6.45) is 0.226. The first-order valence-corrected chi connectivity index (χ1v) is 7.65. The first-order valence-electron chi connectivity index (χ1n) is 7.65. The lowest BCUT2D eigenvalue weighted by Crippen LogP contribution is -2.49. The van der Waals surface area contributed by atoms with Crippen LogP contribution < -0.4 is 5.56 Å². The van der Waals surface area contributed by atoms with Crippen molar-refractivity contribution in [2.45, 2.75) is 13.3 Å². The van der Waals surface area contributed by atoms with Crippen molar-refractivity contribution in [3.63, 3.8) is 0 Å². The molecule has 1 N–H and O–H groups in total. The maximum absolute atomic E-state index is 12.5. The van der Waals surface area contributed by atoms with Crippen LogP contribution in [0.15, 0.2) is 29.1 Å². The van der Waals surface area contributed by atoms with E-state index in [-0.39, 0.29) is 17.9 Å². The van der Waals surface area contributed by atoms with E-state index in [2.05, 4.69) is 22.0 Å². The van der Waals surface area contributed by atoms with Crippen LogP contribution in [0.4, 0.5) is 0 Å². The molecule has 6 heteroatoms. The van der Waals surface area contributed by atoms with Crippen LogP contribution in [0, 0.1) is 0 Å². The summed E-state index contributed by atoms with van der Waals surface area (Å²) in [4.78, 5) is 28.4. The number of piperazine rings is 1. The Kier molecular flexibility index (Phi) is 4.20. The predicted molar refractivity (Wildman–Crippen MR) is 84.8 cm³/mol. The van der Waals surface area contributed by atoms with Gasteiger partial charge in [0.1, 0.15) is 0 Å². The third-order valence-electron chi connectivity index (χ3n) is 4.27. The number of carbonyl (C=O) groups excluding carboxylic acids is 1. The Morgan fingerprint density at radius 3 is 2.55 bits per heavy atom. The zero-order valence-electron chi connectivity index (χ0n) is 12.7. The van der Waals surface area contributed by atoms with Crippen LogP contribution in [-0.4, -0.2) is 58.6 Å². The molecular weight excluding hydrogens is 280 g/mol. The molecule has 6 nitrogen and oxygen atoms in total. The quantitative estimate of drug-likeness (QED) is 0.902. The van der Waals surface area contributed by atoms with E-state index in [1.165, 1.54) is 0 Å². The van der Waals surface area contributed by atoms with E-state index in [0.717, 1.165) is 38.1 Å².